The fourth-order valence-electron chi connectivity index (χ4n) is 1.47. The summed E-state index contributed by atoms with van der Waals surface area (Å²) in [6.45, 7) is 6.50. The molecule has 2 rings (SSSR count). The fourth-order valence-corrected chi connectivity index (χ4v) is 1.66. The predicted octanol–water partition coefficient (Wildman–Crippen LogP) is 2.97. The topological polar surface area (TPSA) is 30.2 Å². The Morgan fingerprint density at radius 2 is 2.07 bits per heavy atom. The van der Waals surface area contributed by atoms with Crippen LogP contribution in [-0.2, 0) is 6.42 Å². The molecule has 2 heterocycles. The van der Waals surface area contributed by atoms with E-state index in [2.05, 4.69) is 30.9 Å². The van der Waals surface area contributed by atoms with Gasteiger partial charge >= 0.3 is 0 Å². The zero-order chi connectivity index (χ0) is 11.1. The summed E-state index contributed by atoms with van der Waals surface area (Å²) in [5, 5.41) is 4.97. The number of hydrogen-bond donors (Lipinski definition) is 0. The normalized spacial score (nSPS) is 12.3. The molecule has 0 aromatic carbocycles. The smallest absolute Gasteiger partial charge is 0.157 e. The van der Waals surface area contributed by atoms with Crippen LogP contribution in [0.1, 0.15) is 26.6 Å². The zero-order valence-corrected chi connectivity index (χ0v) is 9.91. The molecule has 2 aromatic rings. The molecule has 0 bridgehead atoms. The molecule has 0 aliphatic heterocycles. The second-order valence-electron chi connectivity index (χ2n) is 4.88. The third kappa shape index (κ3) is 2.29. The SMILES string of the molecule is CC(C)(C)Cc1nc2cccc(Cl)n2n1. The maximum absolute atomic E-state index is 6.00. The quantitative estimate of drug-likeness (QED) is 0.696. The third-order valence-electron chi connectivity index (χ3n) is 2.05. The molecule has 15 heavy (non-hydrogen) atoms. The number of pyridine rings is 1. The van der Waals surface area contributed by atoms with Crippen molar-refractivity contribution in [2.75, 3.05) is 0 Å². The van der Waals surface area contributed by atoms with Crippen LogP contribution >= 0.6 is 11.6 Å². The van der Waals surface area contributed by atoms with Gasteiger partial charge in [-0.1, -0.05) is 38.4 Å². The molecule has 0 aliphatic rings. The molecule has 0 atom stereocenters. The van der Waals surface area contributed by atoms with Crippen LogP contribution in [0.2, 0.25) is 5.15 Å². The maximum Gasteiger partial charge on any atom is 0.157 e. The van der Waals surface area contributed by atoms with Crippen LogP contribution in [0.15, 0.2) is 18.2 Å². The van der Waals surface area contributed by atoms with E-state index in [9.17, 15) is 0 Å². The van der Waals surface area contributed by atoms with Crippen LogP contribution in [0, 0.1) is 5.41 Å². The predicted molar refractivity (Wildman–Crippen MR) is 61.2 cm³/mol. The van der Waals surface area contributed by atoms with Crippen molar-refractivity contribution in [3.63, 3.8) is 0 Å². The van der Waals surface area contributed by atoms with Gasteiger partial charge < -0.3 is 0 Å². The Morgan fingerprint density at radius 3 is 2.67 bits per heavy atom. The Labute approximate surface area is 94.1 Å². The molecule has 0 aliphatic carbocycles. The highest BCUT2D eigenvalue weighted by atomic mass is 35.5. The lowest BCUT2D eigenvalue weighted by Crippen LogP contribution is -2.10. The van der Waals surface area contributed by atoms with E-state index in [1.54, 1.807) is 4.52 Å². The lowest BCUT2D eigenvalue weighted by molar-refractivity contribution is 0.401. The highest BCUT2D eigenvalue weighted by Crippen LogP contribution is 2.19. The first kappa shape index (κ1) is 10.4. The minimum absolute atomic E-state index is 0.192. The van der Waals surface area contributed by atoms with E-state index in [-0.39, 0.29) is 5.41 Å². The van der Waals surface area contributed by atoms with Crippen molar-refractivity contribution >= 4 is 17.2 Å². The number of hydrogen-bond acceptors (Lipinski definition) is 2. The summed E-state index contributed by atoms with van der Waals surface area (Å²) in [4.78, 5) is 4.43. The van der Waals surface area contributed by atoms with E-state index in [1.165, 1.54) is 0 Å². The summed E-state index contributed by atoms with van der Waals surface area (Å²) in [6.07, 6.45) is 0.852. The highest BCUT2D eigenvalue weighted by molar-refractivity contribution is 6.29. The van der Waals surface area contributed by atoms with Gasteiger partial charge in [0, 0.05) is 6.42 Å². The summed E-state index contributed by atoms with van der Waals surface area (Å²) in [5.74, 6) is 0.843. The van der Waals surface area contributed by atoms with Gasteiger partial charge in [0.05, 0.1) is 0 Å². The maximum atomic E-state index is 6.00. The molecule has 0 spiro atoms. The van der Waals surface area contributed by atoms with E-state index in [0.29, 0.717) is 5.15 Å². The number of aromatic nitrogens is 3. The van der Waals surface area contributed by atoms with Gasteiger partial charge in [-0.05, 0) is 17.5 Å². The van der Waals surface area contributed by atoms with Gasteiger partial charge in [0.25, 0.3) is 0 Å². The van der Waals surface area contributed by atoms with Gasteiger partial charge in [0.15, 0.2) is 11.5 Å². The average Bonchev–Trinajstić information content (AvgIpc) is 2.45. The third-order valence-corrected chi connectivity index (χ3v) is 2.33. The van der Waals surface area contributed by atoms with Crippen molar-refractivity contribution in [1.82, 2.24) is 14.6 Å². The molecule has 0 N–H and O–H groups in total. The molecule has 80 valence electrons. The summed E-state index contributed by atoms with van der Waals surface area (Å²) in [7, 11) is 0. The minimum Gasteiger partial charge on any atom is -0.212 e. The molecule has 0 unspecified atom stereocenters. The molecule has 0 amide bonds. The van der Waals surface area contributed by atoms with Gasteiger partial charge in [-0.3, -0.25) is 0 Å². The summed E-state index contributed by atoms with van der Waals surface area (Å²) in [5.41, 5.74) is 0.999. The lowest BCUT2D eigenvalue weighted by Gasteiger charge is -2.14. The largest absolute Gasteiger partial charge is 0.212 e. The molecule has 0 saturated heterocycles. The van der Waals surface area contributed by atoms with Crippen molar-refractivity contribution in [2.45, 2.75) is 27.2 Å². The Kier molecular flexibility index (Phi) is 2.43. The van der Waals surface area contributed by atoms with Gasteiger partial charge in [-0.2, -0.15) is 0 Å². The van der Waals surface area contributed by atoms with E-state index in [4.69, 9.17) is 11.6 Å². The minimum atomic E-state index is 0.192. The van der Waals surface area contributed by atoms with Crippen LogP contribution < -0.4 is 0 Å². The molecular weight excluding hydrogens is 210 g/mol. The number of fused-ring (bicyclic) bond motifs is 1. The van der Waals surface area contributed by atoms with Crippen molar-refractivity contribution in [1.29, 1.82) is 0 Å². The monoisotopic (exact) mass is 223 g/mol. The van der Waals surface area contributed by atoms with E-state index < -0.39 is 0 Å². The van der Waals surface area contributed by atoms with Crippen LogP contribution in [0.4, 0.5) is 0 Å². The summed E-state index contributed by atoms with van der Waals surface area (Å²) >= 11 is 6.00. The van der Waals surface area contributed by atoms with Crippen molar-refractivity contribution in [3.8, 4) is 0 Å². The Bertz CT molecular complexity index is 482. The second-order valence-corrected chi connectivity index (χ2v) is 5.27. The summed E-state index contributed by atoms with van der Waals surface area (Å²) in [6, 6.07) is 5.60. The van der Waals surface area contributed by atoms with Gasteiger partial charge in [-0.15, -0.1) is 5.10 Å². The van der Waals surface area contributed by atoms with Crippen molar-refractivity contribution in [3.05, 3.63) is 29.2 Å². The Balaban J connectivity index is 2.44. The van der Waals surface area contributed by atoms with Crippen LogP contribution in [0.25, 0.3) is 5.65 Å². The first-order valence-corrected chi connectivity index (χ1v) is 5.34. The number of rotatable bonds is 1. The molecule has 0 saturated carbocycles. The Hall–Kier alpha value is -1.09. The van der Waals surface area contributed by atoms with E-state index in [1.807, 2.05) is 18.2 Å². The second kappa shape index (κ2) is 3.49. The van der Waals surface area contributed by atoms with E-state index in [0.717, 1.165) is 17.9 Å². The first-order valence-electron chi connectivity index (χ1n) is 4.96. The Morgan fingerprint density at radius 1 is 1.33 bits per heavy atom. The average molecular weight is 224 g/mol. The lowest BCUT2D eigenvalue weighted by atomic mass is 9.92. The van der Waals surface area contributed by atoms with Gasteiger partial charge in [0.2, 0.25) is 0 Å². The van der Waals surface area contributed by atoms with E-state index >= 15 is 0 Å². The van der Waals surface area contributed by atoms with Crippen LogP contribution in [-0.4, -0.2) is 14.6 Å². The zero-order valence-electron chi connectivity index (χ0n) is 9.16. The molecule has 2 aromatic heterocycles. The molecule has 4 heteroatoms. The molecule has 0 radical (unpaired) electrons. The van der Waals surface area contributed by atoms with Gasteiger partial charge in [-0.25, -0.2) is 9.50 Å². The summed E-state index contributed by atoms with van der Waals surface area (Å²) < 4.78 is 1.67. The van der Waals surface area contributed by atoms with Crippen molar-refractivity contribution < 1.29 is 0 Å². The molecule has 3 nitrogen and oxygen atoms in total. The van der Waals surface area contributed by atoms with Crippen LogP contribution in [0.3, 0.4) is 0 Å². The first-order chi connectivity index (χ1) is 6.96. The highest BCUT2D eigenvalue weighted by Gasteiger charge is 2.15. The van der Waals surface area contributed by atoms with Crippen LogP contribution in [0.5, 0.6) is 0 Å². The number of halogens is 1. The van der Waals surface area contributed by atoms with Gasteiger partial charge in [0.1, 0.15) is 5.15 Å². The standard InChI is InChI=1S/C11H14ClN3/c1-11(2,3)7-9-13-10-6-4-5-8(12)15(10)14-9/h4-6H,7H2,1-3H3. The molecular formula is C11H14ClN3. The van der Waals surface area contributed by atoms with Crippen molar-refractivity contribution in [2.24, 2.45) is 5.41 Å². The number of nitrogens with zero attached hydrogens (tertiary/aromatic N) is 3. The molecule has 0 fully saturated rings. The fraction of sp³-hybridized carbons (Fsp3) is 0.455.